The van der Waals surface area contributed by atoms with Gasteiger partial charge in [0.25, 0.3) is 0 Å². The van der Waals surface area contributed by atoms with Gasteiger partial charge in [0.05, 0.1) is 18.1 Å². The smallest absolute Gasteiger partial charge is 0.213 e. The maximum atomic E-state index is 11.1. The van der Waals surface area contributed by atoms with Gasteiger partial charge < -0.3 is 5.73 Å². The first kappa shape index (κ1) is 13.3. The highest BCUT2D eigenvalue weighted by molar-refractivity contribution is 7.93. The van der Waals surface area contributed by atoms with E-state index in [0.29, 0.717) is 0 Å². The molecule has 84 valence electrons. The van der Waals surface area contributed by atoms with Crippen LogP contribution in [-0.2, 0) is 19.9 Å². The van der Waals surface area contributed by atoms with Crippen LogP contribution in [0.1, 0.15) is 0 Å². The van der Waals surface area contributed by atoms with Crippen molar-refractivity contribution in [2.45, 2.75) is 0 Å². The third-order valence-electron chi connectivity index (χ3n) is 1.21. The van der Waals surface area contributed by atoms with Gasteiger partial charge in [0, 0.05) is 6.26 Å². The maximum absolute atomic E-state index is 11.1. The molecule has 7 nitrogen and oxygen atoms in total. The normalized spacial score (nSPS) is 12.6. The first-order valence-corrected chi connectivity index (χ1v) is 7.31. The molecule has 0 unspecified atom stereocenters. The van der Waals surface area contributed by atoms with Crippen LogP contribution in [0.5, 0.6) is 0 Å². The Hall–Kier alpha value is -0.670. The Morgan fingerprint density at radius 3 is 2.14 bits per heavy atom. The molecular formula is C5H13N3O4S2. The summed E-state index contributed by atoms with van der Waals surface area (Å²) in [6, 6.07) is 0. The summed E-state index contributed by atoms with van der Waals surface area (Å²) in [4.78, 5) is 0. The molecule has 0 fully saturated rings. The van der Waals surface area contributed by atoms with E-state index in [1.54, 1.807) is 0 Å². The van der Waals surface area contributed by atoms with Crippen molar-refractivity contribution >= 4 is 25.7 Å². The molecule has 4 N–H and O–H groups in total. The summed E-state index contributed by atoms with van der Waals surface area (Å²) in [5.41, 5.74) is 4.92. The quantitative estimate of drug-likeness (QED) is 0.363. The predicted octanol–water partition coefficient (Wildman–Crippen LogP) is -2.11. The van der Waals surface area contributed by atoms with Gasteiger partial charge in [0.15, 0.2) is 0 Å². The highest BCUT2D eigenvalue weighted by Crippen LogP contribution is 1.89. The Kier molecular flexibility index (Phi) is 4.49. The SMILES string of the molecule is CS(=O)(=O)CCS(=O)(=O)NCC(=N)N. The third-order valence-corrected chi connectivity index (χ3v) is 3.74. The number of nitrogens with two attached hydrogens (primary N) is 1. The van der Waals surface area contributed by atoms with E-state index in [9.17, 15) is 16.8 Å². The molecule has 0 aliphatic rings. The standard InChI is InChI=1S/C5H13N3O4S2/c1-13(9,10)2-3-14(11,12)8-4-5(6)7/h8H,2-4H2,1H3,(H3,6,7). The Morgan fingerprint density at radius 1 is 1.29 bits per heavy atom. The molecule has 0 heterocycles. The second kappa shape index (κ2) is 4.71. The highest BCUT2D eigenvalue weighted by Gasteiger charge is 2.13. The van der Waals surface area contributed by atoms with Crippen molar-refractivity contribution in [1.82, 2.24) is 4.72 Å². The second-order valence-electron chi connectivity index (χ2n) is 2.80. The van der Waals surface area contributed by atoms with E-state index in [4.69, 9.17) is 11.1 Å². The first-order valence-electron chi connectivity index (χ1n) is 3.60. The second-order valence-corrected chi connectivity index (χ2v) is 6.98. The fraction of sp³-hybridized carbons (Fsp3) is 0.800. The number of hydrogen-bond donors (Lipinski definition) is 3. The van der Waals surface area contributed by atoms with E-state index in [0.717, 1.165) is 6.26 Å². The number of sulfonamides is 1. The largest absolute Gasteiger partial charge is 0.387 e. The molecule has 0 radical (unpaired) electrons. The van der Waals surface area contributed by atoms with E-state index in [-0.39, 0.29) is 12.4 Å². The maximum Gasteiger partial charge on any atom is 0.213 e. The Morgan fingerprint density at radius 2 is 1.79 bits per heavy atom. The molecule has 0 amide bonds. The van der Waals surface area contributed by atoms with Crippen molar-refractivity contribution < 1.29 is 16.8 Å². The van der Waals surface area contributed by atoms with Crippen molar-refractivity contribution in [2.24, 2.45) is 5.73 Å². The number of rotatable bonds is 6. The van der Waals surface area contributed by atoms with Crippen LogP contribution in [-0.4, -0.2) is 47.0 Å². The van der Waals surface area contributed by atoms with E-state index in [1.165, 1.54) is 0 Å². The van der Waals surface area contributed by atoms with Crippen LogP contribution >= 0.6 is 0 Å². The summed E-state index contributed by atoms with van der Waals surface area (Å²) < 4.78 is 45.4. The van der Waals surface area contributed by atoms with Crippen LogP contribution in [0, 0.1) is 5.41 Å². The van der Waals surface area contributed by atoms with Crippen LogP contribution in [0.2, 0.25) is 0 Å². The fourth-order valence-corrected chi connectivity index (χ4v) is 3.13. The molecule has 0 rings (SSSR count). The van der Waals surface area contributed by atoms with Crippen LogP contribution in [0.15, 0.2) is 0 Å². The molecule has 0 aliphatic carbocycles. The Balaban J connectivity index is 4.17. The summed E-state index contributed by atoms with van der Waals surface area (Å²) in [5.74, 6) is -1.28. The number of sulfone groups is 1. The van der Waals surface area contributed by atoms with Crippen LogP contribution in [0.4, 0.5) is 0 Å². The van der Waals surface area contributed by atoms with E-state index in [1.807, 2.05) is 4.72 Å². The van der Waals surface area contributed by atoms with E-state index < -0.39 is 31.4 Å². The summed E-state index contributed by atoms with van der Waals surface area (Å²) in [7, 11) is -6.96. The third kappa shape index (κ3) is 7.95. The van der Waals surface area contributed by atoms with Gasteiger partial charge in [-0.25, -0.2) is 21.6 Å². The molecule has 0 aromatic heterocycles. The fourth-order valence-electron chi connectivity index (χ4n) is 0.521. The van der Waals surface area contributed by atoms with Gasteiger partial charge in [0.1, 0.15) is 15.7 Å². The van der Waals surface area contributed by atoms with E-state index >= 15 is 0 Å². The van der Waals surface area contributed by atoms with Gasteiger partial charge in [-0.15, -0.1) is 0 Å². The number of nitrogens with one attached hydrogen (secondary N) is 2. The predicted molar refractivity (Wildman–Crippen MR) is 53.4 cm³/mol. The molecule has 0 saturated heterocycles. The lowest BCUT2D eigenvalue weighted by Gasteiger charge is -2.04. The zero-order valence-corrected chi connectivity index (χ0v) is 9.28. The topological polar surface area (TPSA) is 130 Å². The number of hydrogen-bond acceptors (Lipinski definition) is 5. The van der Waals surface area contributed by atoms with Gasteiger partial charge in [-0.1, -0.05) is 0 Å². The first-order chi connectivity index (χ1) is 6.12. The lowest BCUT2D eigenvalue weighted by molar-refractivity contribution is 0.583. The summed E-state index contributed by atoms with van der Waals surface area (Å²) in [6.45, 7) is -0.300. The molecule has 9 heteroatoms. The summed E-state index contributed by atoms with van der Waals surface area (Å²) >= 11 is 0. The lowest BCUT2D eigenvalue weighted by Crippen LogP contribution is -2.35. The minimum atomic E-state index is -3.66. The molecule has 14 heavy (non-hydrogen) atoms. The van der Waals surface area contributed by atoms with Crippen LogP contribution < -0.4 is 10.5 Å². The van der Waals surface area contributed by atoms with Crippen LogP contribution in [0.3, 0.4) is 0 Å². The van der Waals surface area contributed by atoms with Crippen molar-refractivity contribution in [3.05, 3.63) is 0 Å². The molecule has 0 saturated carbocycles. The van der Waals surface area contributed by atoms with Crippen LogP contribution in [0.25, 0.3) is 0 Å². The van der Waals surface area contributed by atoms with Gasteiger partial charge in [0.2, 0.25) is 10.0 Å². The molecule has 0 atom stereocenters. The zero-order chi connectivity index (χ0) is 11.4. The van der Waals surface area contributed by atoms with Gasteiger partial charge in [-0.3, -0.25) is 5.41 Å². The van der Waals surface area contributed by atoms with E-state index in [2.05, 4.69) is 0 Å². The van der Waals surface area contributed by atoms with Crippen molar-refractivity contribution in [1.29, 1.82) is 5.41 Å². The molecule has 0 aromatic carbocycles. The molecule has 0 aromatic rings. The Bertz CT molecular complexity index is 397. The lowest BCUT2D eigenvalue weighted by atomic mass is 10.6. The highest BCUT2D eigenvalue weighted by atomic mass is 32.2. The average molecular weight is 243 g/mol. The molecule has 0 bridgehead atoms. The van der Waals surface area contributed by atoms with Gasteiger partial charge >= 0.3 is 0 Å². The van der Waals surface area contributed by atoms with Crippen molar-refractivity contribution in [3.63, 3.8) is 0 Å². The minimum absolute atomic E-state index is 0.300. The van der Waals surface area contributed by atoms with Gasteiger partial charge in [-0.05, 0) is 0 Å². The molecular weight excluding hydrogens is 230 g/mol. The van der Waals surface area contributed by atoms with Gasteiger partial charge in [-0.2, -0.15) is 0 Å². The van der Waals surface area contributed by atoms with Crippen molar-refractivity contribution in [2.75, 3.05) is 24.3 Å². The summed E-state index contributed by atoms with van der Waals surface area (Å²) in [5, 5.41) is 6.76. The molecule has 0 aliphatic heterocycles. The number of amidine groups is 1. The zero-order valence-electron chi connectivity index (χ0n) is 7.65. The van der Waals surface area contributed by atoms with Crippen molar-refractivity contribution in [3.8, 4) is 0 Å². The molecule has 0 spiro atoms. The monoisotopic (exact) mass is 243 g/mol. The average Bonchev–Trinajstić information content (AvgIpc) is 1.97. The minimum Gasteiger partial charge on any atom is -0.387 e. The summed E-state index contributed by atoms with van der Waals surface area (Å²) in [6.07, 6.45) is 0.952. The Labute approximate surface area is 83.2 Å².